The fraction of sp³-hybridized carbons (Fsp3) is 0.267. The topological polar surface area (TPSA) is 84.3 Å². The van der Waals surface area contributed by atoms with Crippen molar-refractivity contribution in [2.24, 2.45) is 17.8 Å². The van der Waals surface area contributed by atoms with E-state index in [-0.39, 0.29) is 29.3 Å². The van der Waals surface area contributed by atoms with Crippen LogP contribution >= 0.6 is 15.9 Å². The smallest absolute Gasteiger partial charge is 0.266 e. The fourth-order valence-corrected chi connectivity index (χ4v) is 7.43. The second kappa shape index (κ2) is 7.94. The van der Waals surface area contributed by atoms with Gasteiger partial charge in [0.1, 0.15) is 11.4 Å². The molecular weight excluding hydrogens is 544 g/mol. The molecule has 4 atom stereocenters. The van der Waals surface area contributed by atoms with Crippen LogP contribution in [0.15, 0.2) is 76.0 Å². The molecule has 4 unspecified atom stereocenters. The molecule has 0 bridgehead atoms. The summed E-state index contributed by atoms with van der Waals surface area (Å²) < 4.78 is 2.32. The molecule has 38 heavy (non-hydrogen) atoms. The van der Waals surface area contributed by atoms with Crippen LogP contribution in [0.3, 0.4) is 0 Å². The van der Waals surface area contributed by atoms with Gasteiger partial charge in [-0.25, -0.2) is 9.88 Å². The molecule has 3 aliphatic rings. The van der Waals surface area contributed by atoms with E-state index in [2.05, 4.69) is 35.1 Å². The number of hydrogen-bond acceptors (Lipinski definition) is 5. The van der Waals surface area contributed by atoms with Gasteiger partial charge in [0.25, 0.3) is 5.56 Å². The summed E-state index contributed by atoms with van der Waals surface area (Å²) in [5.41, 5.74) is 2.30. The summed E-state index contributed by atoms with van der Waals surface area (Å²) in [4.78, 5) is 48.8. The Hall–Kier alpha value is -3.62. The van der Waals surface area contributed by atoms with Crippen molar-refractivity contribution in [2.45, 2.75) is 32.4 Å². The van der Waals surface area contributed by atoms with Gasteiger partial charge in [0, 0.05) is 16.1 Å². The summed E-state index contributed by atoms with van der Waals surface area (Å²) >= 11 is 3.58. The van der Waals surface area contributed by atoms with E-state index in [1.165, 1.54) is 4.90 Å². The molecule has 0 radical (unpaired) electrons. The highest BCUT2D eigenvalue weighted by molar-refractivity contribution is 9.10. The standard InChI is InChI=1S/C30H25BrN4O3/c1-15(2)25-23-24(28(38)34(27(23)37)22-13-12-16(3)14-19(22)31)30(33-25)18-9-5-7-11-21(18)35-26(36)17-8-4-6-10-20(17)32-29(30)35/h4-15,23-25,33H,1-3H3. The van der Waals surface area contributed by atoms with E-state index in [4.69, 9.17) is 4.98 Å². The van der Waals surface area contributed by atoms with Crippen molar-refractivity contribution in [3.8, 4) is 5.69 Å². The Morgan fingerprint density at radius 2 is 1.68 bits per heavy atom. The van der Waals surface area contributed by atoms with E-state index in [1.54, 1.807) is 10.6 Å². The number of hydrogen-bond donors (Lipinski definition) is 1. The maximum absolute atomic E-state index is 14.5. The Kier molecular flexibility index (Phi) is 4.91. The van der Waals surface area contributed by atoms with Crippen molar-refractivity contribution in [1.82, 2.24) is 14.9 Å². The van der Waals surface area contributed by atoms with Crippen molar-refractivity contribution >= 4 is 44.3 Å². The summed E-state index contributed by atoms with van der Waals surface area (Å²) in [6.45, 7) is 6.07. The number of carbonyl (C=O) groups is 2. The van der Waals surface area contributed by atoms with E-state index in [1.807, 2.05) is 67.6 Å². The van der Waals surface area contributed by atoms with Crippen LogP contribution in [0.1, 0.15) is 30.8 Å². The SMILES string of the molecule is Cc1ccc(N2C(=O)C3C(C(C)C)NC4(c5ccccc5-n5c4nc4ccccc4c5=O)C3C2=O)c(Br)c1. The number of anilines is 1. The average Bonchev–Trinajstić information content (AvgIpc) is 3.49. The Morgan fingerprint density at radius 3 is 2.45 bits per heavy atom. The van der Waals surface area contributed by atoms with Gasteiger partial charge in [-0.1, -0.05) is 50.2 Å². The summed E-state index contributed by atoms with van der Waals surface area (Å²) in [7, 11) is 0. The zero-order valence-corrected chi connectivity index (χ0v) is 22.7. The highest BCUT2D eigenvalue weighted by Gasteiger charge is 2.70. The number of fused-ring (bicyclic) bond motifs is 8. The van der Waals surface area contributed by atoms with Crippen LogP contribution in [0.25, 0.3) is 16.6 Å². The molecule has 0 aliphatic carbocycles. The first kappa shape index (κ1) is 23.5. The van der Waals surface area contributed by atoms with Crippen LogP contribution < -0.4 is 15.8 Å². The third-order valence-electron chi connectivity index (χ3n) is 8.36. The molecule has 7 rings (SSSR count). The largest absolute Gasteiger partial charge is 0.296 e. The van der Waals surface area contributed by atoms with Crippen molar-refractivity contribution in [1.29, 1.82) is 0 Å². The van der Waals surface area contributed by atoms with E-state index in [0.717, 1.165) is 11.1 Å². The lowest BCUT2D eigenvalue weighted by atomic mass is 9.75. The van der Waals surface area contributed by atoms with Crippen molar-refractivity contribution in [2.75, 3.05) is 4.90 Å². The zero-order valence-electron chi connectivity index (χ0n) is 21.1. The maximum atomic E-state index is 14.5. The van der Waals surface area contributed by atoms with Gasteiger partial charge in [-0.2, -0.15) is 0 Å². The third-order valence-corrected chi connectivity index (χ3v) is 8.99. The minimum Gasteiger partial charge on any atom is -0.296 e. The van der Waals surface area contributed by atoms with Gasteiger partial charge < -0.3 is 0 Å². The first-order chi connectivity index (χ1) is 18.3. The first-order valence-corrected chi connectivity index (χ1v) is 13.6. The predicted molar refractivity (Wildman–Crippen MR) is 148 cm³/mol. The summed E-state index contributed by atoms with van der Waals surface area (Å²) in [5.74, 6) is -1.38. The van der Waals surface area contributed by atoms with Gasteiger partial charge in [-0.3, -0.25) is 24.3 Å². The second-order valence-corrected chi connectivity index (χ2v) is 11.7. The van der Waals surface area contributed by atoms with Crippen molar-refractivity contribution < 1.29 is 9.59 Å². The highest BCUT2D eigenvalue weighted by atomic mass is 79.9. The van der Waals surface area contributed by atoms with Gasteiger partial charge >= 0.3 is 0 Å². The van der Waals surface area contributed by atoms with Gasteiger partial charge in [0.15, 0.2) is 0 Å². The molecule has 8 heteroatoms. The molecule has 0 saturated carbocycles. The number of imide groups is 1. The van der Waals surface area contributed by atoms with Crippen molar-refractivity contribution in [3.63, 3.8) is 0 Å². The molecule has 2 fully saturated rings. The number of carbonyl (C=O) groups excluding carboxylic acids is 2. The lowest BCUT2D eigenvalue weighted by Gasteiger charge is -2.32. The molecule has 3 aliphatic heterocycles. The van der Waals surface area contributed by atoms with E-state index in [9.17, 15) is 14.4 Å². The fourth-order valence-electron chi connectivity index (χ4n) is 6.76. The van der Waals surface area contributed by atoms with Crippen LogP contribution in [0, 0.1) is 24.7 Å². The van der Waals surface area contributed by atoms with Crippen LogP contribution in [-0.4, -0.2) is 27.4 Å². The number of nitrogens with zero attached hydrogens (tertiary/aromatic N) is 3. The minimum absolute atomic E-state index is 0.0495. The van der Waals surface area contributed by atoms with E-state index in [0.29, 0.717) is 32.6 Å². The van der Waals surface area contributed by atoms with Gasteiger partial charge in [0.05, 0.1) is 34.1 Å². The number of halogens is 1. The first-order valence-electron chi connectivity index (χ1n) is 12.8. The van der Waals surface area contributed by atoms with E-state index < -0.39 is 17.4 Å². The molecular formula is C30H25BrN4O3. The number of para-hydroxylation sites is 2. The van der Waals surface area contributed by atoms with Crippen molar-refractivity contribution in [3.05, 3.63) is 98.5 Å². The Morgan fingerprint density at radius 1 is 0.947 bits per heavy atom. The second-order valence-electron chi connectivity index (χ2n) is 10.8. The molecule has 2 amide bonds. The predicted octanol–water partition coefficient (Wildman–Crippen LogP) is 4.45. The number of aryl methyl sites for hydroxylation is 1. The molecule has 3 aromatic carbocycles. The molecule has 2 saturated heterocycles. The zero-order chi connectivity index (χ0) is 26.5. The minimum atomic E-state index is -1.13. The average molecular weight is 569 g/mol. The quantitative estimate of drug-likeness (QED) is 0.361. The maximum Gasteiger partial charge on any atom is 0.266 e. The molecule has 1 N–H and O–H groups in total. The summed E-state index contributed by atoms with van der Waals surface area (Å²) in [6.07, 6.45) is 0. The third kappa shape index (κ3) is 2.82. The monoisotopic (exact) mass is 568 g/mol. The van der Waals surface area contributed by atoms with Crippen LogP contribution in [0.5, 0.6) is 0 Å². The lowest BCUT2D eigenvalue weighted by molar-refractivity contribution is -0.123. The van der Waals surface area contributed by atoms with Crippen LogP contribution in [0.2, 0.25) is 0 Å². The van der Waals surface area contributed by atoms with Crippen LogP contribution in [0.4, 0.5) is 5.69 Å². The number of nitrogens with one attached hydrogen (secondary N) is 1. The normalized spacial score (nSPS) is 25.5. The Balaban J connectivity index is 1.53. The summed E-state index contributed by atoms with van der Waals surface area (Å²) in [6, 6.07) is 20.2. The summed E-state index contributed by atoms with van der Waals surface area (Å²) in [5, 5.41) is 4.24. The number of aromatic nitrogens is 2. The highest BCUT2D eigenvalue weighted by Crippen LogP contribution is 2.56. The molecule has 7 nitrogen and oxygen atoms in total. The van der Waals surface area contributed by atoms with Gasteiger partial charge in [0.2, 0.25) is 11.8 Å². The number of rotatable bonds is 2. The van der Waals surface area contributed by atoms with E-state index >= 15 is 0 Å². The van der Waals surface area contributed by atoms with Gasteiger partial charge in [-0.05, 0) is 64.7 Å². The van der Waals surface area contributed by atoms with Gasteiger partial charge in [-0.15, -0.1) is 0 Å². The Labute approximate surface area is 227 Å². The Bertz CT molecular complexity index is 1760. The molecule has 4 heterocycles. The van der Waals surface area contributed by atoms with Crippen LogP contribution in [-0.2, 0) is 15.1 Å². The molecule has 4 aromatic rings. The number of benzene rings is 3. The molecule has 190 valence electrons. The number of amides is 2. The molecule has 1 spiro atoms. The lowest BCUT2D eigenvalue weighted by Crippen LogP contribution is -2.51. The molecule has 1 aromatic heterocycles.